The molecule has 2 N–H and O–H groups in total. The standard InChI is InChI=1S/C13H11N3O3S2/c17-12(10-5-1-2-6-11(10)16(18)19)15-13(20)14-8-9-4-3-7-21-9/h1-7H,8H2,(H2,14,15,17,20). The summed E-state index contributed by atoms with van der Waals surface area (Å²) < 4.78 is 0. The fourth-order valence-corrected chi connectivity index (χ4v) is 2.43. The average Bonchev–Trinajstić information content (AvgIpc) is 2.98. The largest absolute Gasteiger partial charge is 0.357 e. The monoisotopic (exact) mass is 321 g/mol. The number of carbonyl (C=O) groups is 1. The molecule has 21 heavy (non-hydrogen) atoms. The third-order valence-corrected chi connectivity index (χ3v) is 3.70. The van der Waals surface area contributed by atoms with E-state index in [1.165, 1.54) is 18.2 Å². The molecule has 1 amide bonds. The van der Waals surface area contributed by atoms with Crippen LogP contribution in [-0.4, -0.2) is 15.9 Å². The molecule has 2 aromatic rings. The Morgan fingerprint density at radius 1 is 1.29 bits per heavy atom. The van der Waals surface area contributed by atoms with Gasteiger partial charge in [-0.05, 0) is 29.7 Å². The van der Waals surface area contributed by atoms with Crippen LogP contribution < -0.4 is 10.6 Å². The van der Waals surface area contributed by atoms with Crippen LogP contribution in [0, 0.1) is 10.1 Å². The topological polar surface area (TPSA) is 84.3 Å². The Morgan fingerprint density at radius 3 is 2.71 bits per heavy atom. The van der Waals surface area contributed by atoms with Gasteiger partial charge in [0.2, 0.25) is 0 Å². The molecule has 0 bridgehead atoms. The lowest BCUT2D eigenvalue weighted by Crippen LogP contribution is -2.38. The van der Waals surface area contributed by atoms with Gasteiger partial charge < -0.3 is 5.32 Å². The zero-order valence-electron chi connectivity index (χ0n) is 10.7. The Balaban J connectivity index is 1.98. The van der Waals surface area contributed by atoms with Gasteiger partial charge in [-0.3, -0.25) is 20.2 Å². The zero-order chi connectivity index (χ0) is 15.2. The molecule has 1 aromatic heterocycles. The molecule has 6 nitrogen and oxygen atoms in total. The normalized spacial score (nSPS) is 9.90. The molecule has 0 unspecified atom stereocenters. The maximum atomic E-state index is 12.0. The molecule has 2 rings (SSSR count). The number of para-hydroxylation sites is 1. The van der Waals surface area contributed by atoms with Crippen molar-refractivity contribution in [3.05, 3.63) is 62.3 Å². The Labute approximate surface area is 129 Å². The van der Waals surface area contributed by atoms with E-state index in [1.807, 2.05) is 17.5 Å². The number of nitrogens with zero attached hydrogens (tertiary/aromatic N) is 1. The highest BCUT2D eigenvalue weighted by molar-refractivity contribution is 7.80. The third kappa shape index (κ3) is 4.07. The molecule has 0 spiro atoms. The van der Waals surface area contributed by atoms with Crippen molar-refractivity contribution in [3.63, 3.8) is 0 Å². The average molecular weight is 321 g/mol. The highest BCUT2D eigenvalue weighted by Crippen LogP contribution is 2.17. The van der Waals surface area contributed by atoms with Gasteiger partial charge in [-0.1, -0.05) is 18.2 Å². The van der Waals surface area contributed by atoms with Gasteiger partial charge in [-0.2, -0.15) is 0 Å². The number of thiocarbonyl (C=S) groups is 1. The van der Waals surface area contributed by atoms with Crippen molar-refractivity contribution in [2.24, 2.45) is 0 Å². The highest BCUT2D eigenvalue weighted by atomic mass is 32.1. The van der Waals surface area contributed by atoms with Crippen molar-refractivity contribution in [3.8, 4) is 0 Å². The smallest absolute Gasteiger partial charge is 0.282 e. The number of thiophene rings is 1. The second kappa shape index (κ2) is 6.91. The minimum Gasteiger partial charge on any atom is -0.357 e. The van der Waals surface area contributed by atoms with Crippen LogP contribution in [-0.2, 0) is 6.54 Å². The first-order valence-corrected chi connectivity index (χ1v) is 7.21. The van der Waals surface area contributed by atoms with E-state index in [-0.39, 0.29) is 16.4 Å². The number of nitro groups is 1. The summed E-state index contributed by atoms with van der Waals surface area (Å²) in [5, 5.41) is 18.2. The van der Waals surface area contributed by atoms with Crippen LogP contribution in [0.2, 0.25) is 0 Å². The van der Waals surface area contributed by atoms with Crippen molar-refractivity contribution in [2.75, 3.05) is 0 Å². The molecule has 0 fully saturated rings. The zero-order valence-corrected chi connectivity index (χ0v) is 12.4. The number of hydrogen-bond acceptors (Lipinski definition) is 5. The van der Waals surface area contributed by atoms with E-state index in [4.69, 9.17) is 12.2 Å². The van der Waals surface area contributed by atoms with Crippen LogP contribution >= 0.6 is 23.6 Å². The molecule has 108 valence electrons. The Hall–Kier alpha value is -2.32. The van der Waals surface area contributed by atoms with Crippen LogP contribution in [0.4, 0.5) is 5.69 Å². The van der Waals surface area contributed by atoms with E-state index in [2.05, 4.69) is 10.6 Å². The lowest BCUT2D eigenvalue weighted by molar-refractivity contribution is -0.385. The number of hydrogen-bond donors (Lipinski definition) is 2. The molecule has 1 aromatic carbocycles. The van der Waals surface area contributed by atoms with Gasteiger partial charge in [0, 0.05) is 10.9 Å². The van der Waals surface area contributed by atoms with Gasteiger partial charge in [-0.15, -0.1) is 11.3 Å². The van der Waals surface area contributed by atoms with Crippen LogP contribution in [0.1, 0.15) is 15.2 Å². The lowest BCUT2D eigenvalue weighted by atomic mass is 10.1. The lowest BCUT2D eigenvalue weighted by Gasteiger charge is -2.08. The molecular weight excluding hydrogens is 310 g/mol. The highest BCUT2D eigenvalue weighted by Gasteiger charge is 2.19. The van der Waals surface area contributed by atoms with Crippen LogP contribution in [0.25, 0.3) is 0 Å². The molecule has 1 heterocycles. The summed E-state index contributed by atoms with van der Waals surface area (Å²) in [7, 11) is 0. The fourth-order valence-electron chi connectivity index (χ4n) is 1.62. The molecule has 0 radical (unpaired) electrons. The van der Waals surface area contributed by atoms with E-state index in [0.29, 0.717) is 6.54 Å². The first-order valence-electron chi connectivity index (χ1n) is 5.93. The second-order valence-electron chi connectivity index (χ2n) is 3.99. The molecule has 0 atom stereocenters. The fraction of sp³-hybridized carbons (Fsp3) is 0.0769. The summed E-state index contributed by atoms with van der Waals surface area (Å²) in [5.74, 6) is -0.606. The van der Waals surface area contributed by atoms with Crippen molar-refractivity contribution in [1.29, 1.82) is 0 Å². The van der Waals surface area contributed by atoms with Gasteiger partial charge in [0.25, 0.3) is 11.6 Å². The van der Waals surface area contributed by atoms with Gasteiger partial charge in [0.1, 0.15) is 5.56 Å². The van der Waals surface area contributed by atoms with Crippen molar-refractivity contribution >= 4 is 40.3 Å². The van der Waals surface area contributed by atoms with Crippen LogP contribution in [0.5, 0.6) is 0 Å². The number of rotatable bonds is 4. The quantitative estimate of drug-likeness (QED) is 0.513. The molecule has 0 saturated carbocycles. The number of nitro benzene ring substituents is 1. The molecular formula is C13H11N3O3S2. The maximum Gasteiger partial charge on any atom is 0.282 e. The first-order chi connectivity index (χ1) is 10.1. The van der Waals surface area contributed by atoms with E-state index >= 15 is 0 Å². The summed E-state index contributed by atoms with van der Waals surface area (Å²) in [5.41, 5.74) is -0.279. The predicted molar refractivity (Wildman–Crippen MR) is 84.3 cm³/mol. The minimum absolute atomic E-state index is 0.0252. The van der Waals surface area contributed by atoms with Crippen LogP contribution in [0.15, 0.2) is 41.8 Å². The number of carbonyl (C=O) groups excluding carboxylic acids is 1. The predicted octanol–water partition coefficient (Wildman–Crippen LogP) is 2.46. The summed E-state index contributed by atoms with van der Waals surface area (Å²) >= 11 is 6.57. The Bertz CT molecular complexity index is 671. The summed E-state index contributed by atoms with van der Waals surface area (Å²) in [6.07, 6.45) is 0. The van der Waals surface area contributed by atoms with Gasteiger partial charge in [0.15, 0.2) is 5.11 Å². The van der Waals surface area contributed by atoms with Crippen molar-refractivity contribution in [1.82, 2.24) is 10.6 Å². The van der Waals surface area contributed by atoms with Gasteiger partial charge in [0.05, 0.1) is 11.5 Å². The maximum absolute atomic E-state index is 12.0. The summed E-state index contributed by atoms with van der Waals surface area (Å²) in [6.45, 7) is 0.494. The Kier molecular flexibility index (Phi) is 4.96. The van der Waals surface area contributed by atoms with Gasteiger partial charge >= 0.3 is 0 Å². The third-order valence-electron chi connectivity index (χ3n) is 2.58. The van der Waals surface area contributed by atoms with E-state index in [1.54, 1.807) is 17.4 Å². The van der Waals surface area contributed by atoms with Gasteiger partial charge in [-0.25, -0.2) is 0 Å². The van der Waals surface area contributed by atoms with E-state index in [0.717, 1.165) is 4.88 Å². The van der Waals surface area contributed by atoms with Crippen molar-refractivity contribution < 1.29 is 9.72 Å². The SMILES string of the molecule is O=C(NC(=S)NCc1cccs1)c1ccccc1[N+](=O)[O-]. The van der Waals surface area contributed by atoms with Crippen molar-refractivity contribution in [2.45, 2.75) is 6.54 Å². The first kappa shape index (κ1) is 15.1. The molecule has 0 aliphatic rings. The second-order valence-corrected chi connectivity index (χ2v) is 5.43. The van der Waals surface area contributed by atoms with E-state index in [9.17, 15) is 14.9 Å². The van der Waals surface area contributed by atoms with E-state index < -0.39 is 10.8 Å². The number of amides is 1. The summed E-state index contributed by atoms with van der Waals surface area (Å²) in [4.78, 5) is 23.3. The minimum atomic E-state index is -0.606. The summed E-state index contributed by atoms with van der Waals surface area (Å²) in [6, 6.07) is 9.57. The Morgan fingerprint density at radius 2 is 2.05 bits per heavy atom. The number of nitrogens with one attached hydrogen (secondary N) is 2. The number of benzene rings is 1. The molecule has 0 saturated heterocycles. The molecule has 0 aliphatic carbocycles. The van der Waals surface area contributed by atoms with Crippen LogP contribution in [0.3, 0.4) is 0 Å². The molecule has 8 heteroatoms. The molecule has 0 aliphatic heterocycles.